The first-order chi connectivity index (χ1) is 8.40. The SMILES string of the molecule is CCc1cc(CNCC(C)(C)C(=O)NC)n(C)n1. The van der Waals surface area contributed by atoms with E-state index in [1.54, 1.807) is 7.05 Å². The Hall–Kier alpha value is -1.36. The second-order valence-corrected chi connectivity index (χ2v) is 5.17. The lowest BCUT2D eigenvalue weighted by Crippen LogP contribution is -2.42. The van der Waals surface area contributed by atoms with Crippen molar-refractivity contribution in [2.75, 3.05) is 13.6 Å². The van der Waals surface area contributed by atoms with Crippen LogP contribution in [0.2, 0.25) is 0 Å². The zero-order valence-electron chi connectivity index (χ0n) is 12.0. The summed E-state index contributed by atoms with van der Waals surface area (Å²) in [7, 11) is 3.61. The van der Waals surface area contributed by atoms with E-state index in [-0.39, 0.29) is 5.91 Å². The fourth-order valence-electron chi connectivity index (χ4n) is 1.83. The second kappa shape index (κ2) is 6.00. The highest BCUT2D eigenvalue weighted by Gasteiger charge is 2.25. The Morgan fingerprint density at radius 2 is 2.17 bits per heavy atom. The summed E-state index contributed by atoms with van der Waals surface area (Å²) in [6.07, 6.45) is 0.942. The highest BCUT2D eigenvalue weighted by molar-refractivity contribution is 5.81. The number of rotatable bonds is 6. The number of carbonyl (C=O) groups is 1. The number of carbonyl (C=O) groups excluding carboxylic acids is 1. The Kier molecular flexibility index (Phi) is 4.90. The summed E-state index contributed by atoms with van der Waals surface area (Å²) in [6.45, 7) is 7.32. The van der Waals surface area contributed by atoms with E-state index in [2.05, 4.69) is 28.7 Å². The van der Waals surface area contributed by atoms with Gasteiger partial charge in [-0.1, -0.05) is 6.92 Å². The minimum Gasteiger partial charge on any atom is -0.359 e. The Morgan fingerprint density at radius 3 is 2.67 bits per heavy atom. The van der Waals surface area contributed by atoms with Crippen LogP contribution in [-0.4, -0.2) is 29.3 Å². The molecule has 1 heterocycles. The number of hydrogen-bond acceptors (Lipinski definition) is 3. The van der Waals surface area contributed by atoms with E-state index in [9.17, 15) is 4.79 Å². The van der Waals surface area contributed by atoms with Crippen molar-refractivity contribution in [1.29, 1.82) is 0 Å². The molecule has 1 amide bonds. The van der Waals surface area contributed by atoms with Gasteiger partial charge in [-0.15, -0.1) is 0 Å². The molecule has 0 aliphatic rings. The van der Waals surface area contributed by atoms with Gasteiger partial charge in [0.25, 0.3) is 0 Å². The predicted molar refractivity (Wildman–Crippen MR) is 72.1 cm³/mol. The molecule has 5 nitrogen and oxygen atoms in total. The largest absolute Gasteiger partial charge is 0.359 e. The second-order valence-electron chi connectivity index (χ2n) is 5.17. The third-order valence-corrected chi connectivity index (χ3v) is 3.10. The van der Waals surface area contributed by atoms with E-state index < -0.39 is 5.41 Å². The molecule has 102 valence electrons. The molecule has 0 spiro atoms. The molecule has 0 fully saturated rings. The summed E-state index contributed by atoms with van der Waals surface area (Å²) < 4.78 is 1.89. The van der Waals surface area contributed by atoms with Crippen LogP contribution in [0.1, 0.15) is 32.2 Å². The van der Waals surface area contributed by atoms with Crippen LogP contribution in [0.15, 0.2) is 6.07 Å². The first-order valence-electron chi connectivity index (χ1n) is 6.35. The quantitative estimate of drug-likeness (QED) is 0.789. The summed E-state index contributed by atoms with van der Waals surface area (Å²) >= 11 is 0. The van der Waals surface area contributed by atoms with Gasteiger partial charge in [-0.3, -0.25) is 9.48 Å². The van der Waals surface area contributed by atoms with Crippen LogP contribution < -0.4 is 10.6 Å². The number of amides is 1. The maximum Gasteiger partial charge on any atom is 0.226 e. The molecular weight excluding hydrogens is 228 g/mol. The van der Waals surface area contributed by atoms with Gasteiger partial charge in [-0.25, -0.2) is 0 Å². The van der Waals surface area contributed by atoms with Crippen LogP contribution in [0.3, 0.4) is 0 Å². The maximum atomic E-state index is 11.6. The van der Waals surface area contributed by atoms with Crippen LogP contribution in [0.25, 0.3) is 0 Å². The average molecular weight is 252 g/mol. The topological polar surface area (TPSA) is 59.0 Å². The zero-order valence-corrected chi connectivity index (χ0v) is 12.0. The van der Waals surface area contributed by atoms with Crippen LogP contribution in [0, 0.1) is 5.41 Å². The maximum absolute atomic E-state index is 11.6. The third-order valence-electron chi connectivity index (χ3n) is 3.10. The third kappa shape index (κ3) is 3.57. The summed E-state index contributed by atoms with van der Waals surface area (Å²) in [6, 6.07) is 2.10. The van der Waals surface area contributed by atoms with Crippen LogP contribution >= 0.6 is 0 Å². The molecule has 0 bridgehead atoms. The van der Waals surface area contributed by atoms with Crippen LogP contribution in [-0.2, 0) is 24.8 Å². The highest BCUT2D eigenvalue weighted by Crippen LogP contribution is 2.13. The van der Waals surface area contributed by atoms with Crippen molar-refractivity contribution < 1.29 is 4.79 Å². The van der Waals surface area contributed by atoms with E-state index in [0.29, 0.717) is 6.54 Å². The number of nitrogens with one attached hydrogen (secondary N) is 2. The van der Waals surface area contributed by atoms with Crippen molar-refractivity contribution in [2.24, 2.45) is 12.5 Å². The van der Waals surface area contributed by atoms with Crippen molar-refractivity contribution in [1.82, 2.24) is 20.4 Å². The molecule has 1 aromatic heterocycles. The molecule has 2 N–H and O–H groups in total. The molecule has 0 radical (unpaired) electrons. The van der Waals surface area contributed by atoms with Crippen molar-refractivity contribution >= 4 is 5.91 Å². The van der Waals surface area contributed by atoms with Gasteiger partial charge in [-0.05, 0) is 26.3 Å². The van der Waals surface area contributed by atoms with Crippen molar-refractivity contribution in [3.63, 3.8) is 0 Å². The minimum absolute atomic E-state index is 0.0502. The van der Waals surface area contributed by atoms with Gasteiger partial charge >= 0.3 is 0 Å². The van der Waals surface area contributed by atoms with Crippen LogP contribution in [0.4, 0.5) is 0 Å². The first-order valence-corrected chi connectivity index (χ1v) is 6.35. The number of aromatic nitrogens is 2. The van der Waals surface area contributed by atoms with Gasteiger partial charge in [0.15, 0.2) is 0 Å². The molecular formula is C13H24N4O. The fraction of sp³-hybridized carbons (Fsp3) is 0.692. The Bertz CT molecular complexity index is 409. The van der Waals surface area contributed by atoms with Gasteiger partial charge in [0, 0.05) is 27.2 Å². The molecule has 0 atom stereocenters. The summed E-state index contributed by atoms with van der Waals surface area (Å²) in [5.41, 5.74) is 1.83. The van der Waals surface area contributed by atoms with Gasteiger partial charge in [-0.2, -0.15) is 5.10 Å². The molecule has 0 saturated carbocycles. The Morgan fingerprint density at radius 1 is 1.50 bits per heavy atom. The van der Waals surface area contributed by atoms with E-state index in [1.165, 1.54) is 0 Å². The monoisotopic (exact) mass is 252 g/mol. The molecule has 0 aliphatic heterocycles. The van der Waals surface area contributed by atoms with E-state index in [0.717, 1.165) is 24.4 Å². The van der Waals surface area contributed by atoms with E-state index >= 15 is 0 Å². The molecule has 1 aromatic rings. The normalized spacial score (nSPS) is 11.6. The molecule has 0 saturated heterocycles. The Labute approximate surface area is 109 Å². The van der Waals surface area contributed by atoms with E-state index in [1.807, 2.05) is 25.6 Å². The summed E-state index contributed by atoms with van der Waals surface area (Å²) in [4.78, 5) is 11.6. The zero-order chi connectivity index (χ0) is 13.8. The lowest BCUT2D eigenvalue weighted by atomic mass is 9.92. The number of nitrogens with zero attached hydrogens (tertiary/aromatic N) is 2. The van der Waals surface area contributed by atoms with Crippen molar-refractivity contribution in [3.05, 3.63) is 17.5 Å². The summed E-state index contributed by atoms with van der Waals surface area (Å²) in [5, 5.41) is 10.4. The minimum atomic E-state index is -0.402. The van der Waals surface area contributed by atoms with Crippen LogP contribution in [0.5, 0.6) is 0 Å². The fourth-order valence-corrected chi connectivity index (χ4v) is 1.83. The average Bonchev–Trinajstić information content (AvgIpc) is 2.69. The standard InChI is InChI=1S/C13H24N4O/c1-6-10-7-11(17(5)16-10)8-15-9-13(2,3)12(18)14-4/h7,15H,6,8-9H2,1-5H3,(H,14,18). The molecule has 5 heteroatoms. The number of aryl methyl sites for hydroxylation is 2. The van der Waals surface area contributed by atoms with Gasteiger partial charge < -0.3 is 10.6 Å². The van der Waals surface area contributed by atoms with Crippen molar-refractivity contribution in [3.8, 4) is 0 Å². The lowest BCUT2D eigenvalue weighted by molar-refractivity contribution is -0.128. The molecule has 0 aliphatic carbocycles. The van der Waals surface area contributed by atoms with Gasteiger partial charge in [0.05, 0.1) is 16.8 Å². The van der Waals surface area contributed by atoms with Gasteiger partial charge in [0.2, 0.25) is 5.91 Å². The molecule has 1 rings (SSSR count). The smallest absolute Gasteiger partial charge is 0.226 e. The highest BCUT2D eigenvalue weighted by atomic mass is 16.2. The van der Waals surface area contributed by atoms with Crippen molar-refractivity contribution in [2.45, 2.75) is 33.7 Å². The predicted octanol–water partition coefficient (Wildman–Crippen LogP) is 0.844. The van der Waals surface area contributed by atoms with Gasteiger partial charge in [0.1, 0.15) is 0 Å². The first kappa shape index (κ1) is 14.7. The molecule has 0 unspecified atom stereocenters. The Balaban J connectivity index is 2.51. The lowest BCUT2D eigenvalue weighted by Gasteiger charge is -2.22. The van der Waals surface area contributed by atoms with E-state index in [4.69, 9.17) is 0 Å². The molecule has 0 aromatic carbocycles. The molecule has 18 heavy (non-hydrogen) atoms. The number of hydrogen-bond donors (Lipinski definition) is 2. The summed E-state index contributed by atoms with van der Waals surface area (Å²) in [5.74, 6) is 0.0502.